The summed E-state index contributed by atoms with van der Waals surface area (Å²) >= 11 is 5.43. The smallest absolute Gasteiger partial charge is 0.346 e. The second-order valence-corrected chi connectivity index (χ2v) is 7.48. The number of thiocarbonyl (C=S) groups is 1. The largest absolute Gasteiger partial charge is 0.349 e. The molecule has 116 valence electrons. The number of rotatable bonds is 7. The molecule has 1 heterocycles. The highest BCUT2D eigenvalue weighted by atomic mass is 32.1. The van der Waals surface area contributed by atoms with Gasteiger partial charge in [-0.3, -0.25) is 4.57 Å². The summed E-state index contributed by atoms with van der Waals surface area (Å²) in [6, 6.07) is 10.3. The SMILES string of the molecule is CCOP(=O)(CN1C(=S)C(C)C1c1ccccc1)OCC. The Hall–Kier alpha value is -0.740. The molecular weight excluding hydrogens is 305 g/mol. The van der Waals surface area contributed by atoms with E-state index < -0.39 is 7.60 Å². The van der Waals surface area contributed by atoms with Gasteiger partial charge < -0.3 is 13.9 Å². The fraction of sp³-hybridized carbons (Fsp3) is 0.533. The van der Waals surface area contributed by atoms with Crippen LogP contribution in [-0.2, 0) is 13.6 Å². The standard InChI is InChI=1S/C15H22NO3PS/c1-4-18-20(17,19-5-2)11-16-14(12(3)15(16)21)13-9-7-6-8-10-13/h6-10,12,14H,4-5,11H2,1-3H3. The summed E-state index contributed by atoms with van der Waals surface area (Å²) in [6.45, 7) is 6.46. The molecule has 0 radical (unpaired) electrons. The summed E-state index contributed by atoms with van der Waals surface area (Å²) < 4.78 is 23.5. The molecule has 1 aromatic carbocycles. The van der Waals surface area contributed by atoms with Crippen molar-refractivity contribution in [3.63, 3.8) is 0 Å². The Morgan fingerprint density at radius 3 is 2.29 bits per heavy atom. The van der Waals surface area contributed by atoms with Crippen molar-refractivity contribution in [1.82, 2.24) is 4.90 Å². The topological polar surface area (TPSA) is 38.8 Å². The second-order valence-electron chi connectivity index (χ2n) is 5.04. The molecule has 0 N–H and O–H groups in total. The van der Waals surface area contributed by atoms with Gasteiger partial charge in [-0.2, -0.15) is 0 Å². The van der Waals surface area contributed by atoms with Crippen LogP contribution >= 0.6 is 19.8 Å². The molecule has 6 heteroatoms. The van der Waals surface area contributed by atoms with Crippen molar-refractivity contribution in [2.75, 3.05) is 19.5 Å². The van der Waals surface area contributed by atoms with Gasteiger partial charge in [-0.25, -0.2) is 0 Å². The molecule has 1 aliphatic rings. The van der Waals surface area contributed by atoms with E-state index in [2.05, 4.69) is 19.1 Å². The maximum atomic E-state index is 12.7. The highest BCUT2D eigenvalue weighted by Crippen LogP contribution is 2.53. The summed E-state index contributed by atoms with van der Waals surface area (Å²) in [5, 5.41) is 0. The fourth-order valence-corrected chi connectivity index (χ4v) is 4.83. The van der Waals surface area contributed by atoms with Gasteiger partial charge in [0, 0.05) is 5.92 Å². The van der Waals surface area contributed by atoms with E-state index in [0.717, 1.165) is 4.99 Å². The second kappa shape index (κ2) is 7.01. The molecule has 0 aliphatic carbocycles. The van der Waals surface area contributed by atoms with E-state index in [1.807, 2.05) is 36.9 Å². The monoisotopic (exact) mass is 327 g/mol. The van der Waals surface area contributed by atoms with Crippen molar-refractivity contribution in [2.45, 2.75) is 26.8 Å². The molecule has 2 unspecified atom stereocenters. The van der Waals surface area contributed by atoms with Crippen LogP contribution in [0.15, 0.2) is 30.3 Å². The molecule has 1 aromatic rings. The number of hydrogen-bond acceptors (Lipinski definition) is 4. The Kier molecular flexibility index (Phi) is 5.55. The summed E-state index contributed by atoms with van der Waals surface area (Å²) in [5.41, 5.74) is 1.18. The Morgan fingerprint density at radius 2 is 1.76 bits per heavy atom. The molecule has 4 nitrogen and oxygen atoms in total. The van der Waals surface area contributed by atoms with Gasteiger partial charge >= 0.3 is 7.60 Å². The first-order valence-corrected chi connectivity index (χ1v) is 9.39. The first kappa shape index (κ1) is 16.6. The van der Waals surface area contributed by atoms with Crippen LogP contribution in [0.2, 0.25) is 0 Å². The lowest BCUT2D eigenvalue weighted by Gasteiger charge is -2.49. The van der Waals surface area contributed by atoms with E-state index in [-0.39, 0.29) is 18.2 Å². The predicted octanol–water partition coefficient (Wildman–Crippen LogP) is 4.23. The lowest BCUT2D eigenvalue weighted by Crippen LogP contribution is -2.52. The van der Waals surface area contributed by atoms with Crippen molar-refractivity contribution in [1.29, 1.82) is 0 Å². The summed E-state index contributed by atoms with van der Waals surface area (Å²) in [5.74, 6) is 0.263. The van der Waals surface area contributed by atoms with Gasteiger partial charge in [0.25, 0.3) is 0 Å². The number of nitrogens with zero attached hydrogens (tertiary/aromatic N) is 1. The molecule has 2 rings (SSSR count). The molecule has 0 spiro atoms. The zero-order chi connectivity index (χ0) is 15.5. The molecule has 1 fully saturated rings. The van der Waals surface area contributed by atoms with Gasteiger partial charge in [-0.1, -0.05) is 49.5 Å². The van der Waals surface area contributed by atoms with E-state index in [9.17, 15) is 4.57 Å². The molecule has 0 aromatic heterocycles. The summed E-state index contributed by atoms with van der Waals surface area (Å²) in [4.78, 5) is 2.80. The van der Waals surface area contributed by atoms with Gasteiger partial charge in [-0.05, 0) is 19.4 Å². The van der Waals surface area contributed by atoms with Crippen LogP contribution in [0, 0.1) is 5.92 Å². The molecule has 21 heavy (non-hydrogen) atoms. The quantitative estimate of drug-likeness (QED) is 0.553. The van der Waals surface area contributed by atoms with E-state index in [1.54, 1.807) is 0 Å². The minimum absolute atomic E-state index is 0.146. The zero-order valence-corrected chi connectivity index (χ0v) is 14.4. The number of benzene rings is 1. The van der Waals surface area contributed by atoms with Gasteiger partial charge in [-0.15, -0.1) is 0 Å². The molecule has 0 amide bonds. The van der Waals surface area contributed by atoms with Crippen molar-refractivity contribution in [3.8, 4) is 0 Å². The van der Waals surface area contributed by atoms with Crippen LogP contribution < -0.4 is 0 Å². The van der Waals surface area contributed by atoms with E-state index in [1.165, 1.54) is 5.56 Å². The van der Waals surface area contributed by atoms with E-state index in [4.69, 9.17) is 21.3 Å². The number of likely N-dealkylation sites (tertiary alicyclic amines) is 1. The fourth-order valence-electron chi connectivity index (χ4n) is 2.70. The Bertz CT molecular complexity index is 527. The van der Waals surface area contributed by atoms with Gasteiger partial charge in [0.1, 0.15) is 6.29 Å². The maximum absolute atomic E-state index is 12.7. The van der Waals surface area contributed by atoms with Crippen LogP contribution in [0.5, 0.6) is 0 Å². The van der Waals surface area contributed by atoms with Crippen LogP contribution in [0.25, 0.3) is 0 Å². The molecular formula is C15H22NO3PS. The average molecular weight is 327 g/mol. The highest BCUT2D eigenvalue weighted by molar-refractivity contribution is 7.80. The van der Waals surface area contributed by atoms with Crippen molar-refractivity contribution in [2.24, 2.45) is 5.92 Å². The Labute approximate surface area is 132 Å². The van der Waals surface area contributed by atoms with Gasteiger partial charge in [0.2, 0.25) is 0 Å². The van der Waals surface area contributed by atoms with Gasteiger partial charge in [0.15, 0.2) is 0 Å². The number of hydrogen-bond donors (Lipinski definition) is 0. The molecule has 0 bridgehead atoms. The first-order chi connectivity index (χ1) is 10.0. The molecule has 1 aliphatic heterocycles. The maximum Gasteiger partial charge on any atom is 0.349 e. The Morgan fingerprint density at radius 1 is 1.19 bits per heavy atom. The van der Waals surface area contributed by atoms with Crippen LogP contribution in [0.4, 0.5) is 0 Å². The van der Waals surface area contributed by atoms with Gasteiger partial charge in [0.05, 0.1) is 24.2 Å². The zero-order valence-electron chi connectivity index (χ0n) is 12.7. The lowest BCUT2D eigenvalue weighted by atomic mass is 9.85. The lowest BCUT2D eigenvalue weighted by molar-refractivity contribution is 0.173. The predicted molar refractivity (Wildman–Crippen MR) is 88.5 cm³/mol. The van der Waals surface area contributed by atoms with Crippen LogP contribution in [0.3, 0.4) is 0 Å². The minimum Gasteiger partial charge on any atom is -0.346 e. The summed E-state index contributed by atoms with van der Waals surface area (Å²) in [6.07, 6.45) is 0.220. The normalized spacial score (nSPS) is 22.2. The third-order valence-electron chi connectivity index (χ3n) is 3.60. The third-order valence-corrected chi connectivity index (χ3v) is 6.16. The average Bonchev–Trinajstić information content (AvgIpc) is 2.48. The molecule has 0 saturated carbocycles. The van der Waals surface area contributed by atoms with Crippen molar-refractivity contribution in [3.05, 3.63) is 35.9 Å². The molecule has 2 atom stereocenters. The first-order valence-electron chi connectivity index (χ1n) is 7.26. The molecule has 1 saturated heterocycles. The van der Waals surface area contributed by atoms with E-state index >= 15 is 0 Å². The highest BCUT2D eigenvalue weighted by Gasteiger charge is 2.45. The van der Waals surface area contributed by atoms with Crippen LogP contribution in [0.1, 0.15) is 32.4 Å². The Balaban J connectivity index is 2.17. The summed E-state index contributed by atoms with van der Waals surface area (Å²) in [7, 11) is -3.12. The van der Waals surface area contributed by atoms with E-state index in [0.29, 0.717) is 13.2 Å². The van der Waals surface area contributed by atoms with Crippen LogP contribution in [-0.4, -0.2) is 29.4 Å². The van der Waals surface area contributed by atoms with Crippen molar-refractivity contribution < 1.29 is 13.6 Å². The minimum atomic E-state index is -3.12. The van der Waals surface area contributed by atoms with Crippen molar-refractivity contribution >= 4 is 24.8 Å². The third kappa shape index (κ3) is 3.54.